The molecule has 1 unspecified atom stereocenters. The van der Waals surface area contributed by atoms with Crippen LogP contribution in [0.25, 0.3) is 21.8 Å². The second-order valence-electron chi connectivity index (χ2n) is 7.52. The first-order valence-electron chi connectivity index (χ1n) is 9.84. The molecule has 0 radical (unpaired) electrons. The summed E-state index contributed by atoms with van der Waals surface area (Å²) in [6.07, 6.45) is 4.33. The number of rotatable bonds is 6. The molecule has 2 aromatic heterocycles. The van der Waals surface area contributed by atoms with Crippen LogP contribution in [0.1, 0.15) is 16.7 Å². The molecule has 8 N–H and O–H groups in total. The fraction of sp³-hybridized carbons (Fsp3) is 0.217. The highest BCUT2D eigenvalue weighted by Gasteiger charge is 2.15. The van der Waals surface area contributed by atoms with E-state index in [1.54, 1.807) is 0 Å². The molecule has 4 aromatic rings. The number of fused-ring (bicyclic) bond motifs is 2. The predicted octanol–water partition coefficient (Wildman–Crippen LogP) is 2.55. The minimum atomic E-state index is -0.972. The summed E-state index contributed by atoms with van der Waals surface area (Å²) in [4.78, 5) is 27.5. The van der Waals surface area contributed by atoms with E-state index in [2.05, 4.69) is 9.97 Å². The Morgan fingerprint density at radius 2 is 1.35 bits per heavy atom. The smallest absolute Gasteiger partial charge is 0.320 e. The van der Waals surface area contributed by atoms with Crippen LogP contribution >= 0.6 is 0 Å². The Balaban J connectivity index is 0.000000176. The monoisotopic (exact) mass is 422 g/mol. The summed E-state index contributed by atoms with van der Waals surface area (Å²) in [5.41, 5.74) is 16.1. The van der Waals surface area contributed by atoms with E-state index in [4.69, 9.17) is 21.7 Å². The molecule has 0 saturated heterocycles. The number of carboxylic acids is 2. The molecule has 2 aromatic carbocycles. The molecule has 4 rings (SSSR count). The maximum absolute atomic E-state index is 10.7. The van der Waals surface area contributed by atoms with Gasteiger partial charge in [0.25, 0.3) is 0 Å². The number of para-hydroxylation sites is 1. The van der Waals surface area contributed by atoms with Crippen molar-refractivity contribution in [1.29, 1.82) is 0 Å². The molecule has 2 heterocycles. The maximum atomic E-state index is 10.7. The first-order valence-corrected chi connectivity index (χ1v) is 9.84. The third-order valence-electron chi connectivity index (χ3n) is 5.11. The number of aryl methyl sites for hydroxylation is 1. The number of aromatic amines is 2. The molecule has 0 saturated carbocycles. The van der Waals surface area contributed by atoms with Crippen molar-refractivity contribution < 1.29 is 19.8 Å². The van der Waals surface area contributed by atoms with Crippen molar-refractivity contribution in [3.8, 4) is 0 Å². The van der Waals surface area contributed by atoms with Gasteiger partial charge in [-0.05, 0) is 36.2 Å². The highest BCUT2D eigenvalue weighted by molar-refractivity contribution is 5.85. The maximum Gasteiger partial charge on any atom is 0.320 e. The van der Waals surface area contributed by atoms with Gasteiger partial charge in [-0.25, -0.2) is 0 Å². The summed E-state index contributed by atoms with van der Waals surface area (Å²) >= 11 is 0. The Kier molecular flexibility index (Phi) is 6.74. The lowest BCUT2D eigenvalue weighted by atomic mass is 10.0. The van der Waals surface area contributed by atoms with E-state index in [0.717, 1.165) is 38.5 Å². The number of hydrogen-bond acceptors (Lipinski definition) is 4. The number of benzene rings is 2. The summed E-state index contributed by atoms with van der Waals surface area (Å²) in [5.74, 6) is -1.94. The first kappa shape index (κ1) is 22.1. The molecule has 0 aliphatic rings. The molecule has 2 atom stereocenters. The van der Waals surface area contributed by atoms with E-state index in [1.807, 2.05) is 61.8 Å². The largest absolute Gasteiger partial charge is 0.480 e. The molecule has 0 fully saturated rings. The second kappa shape index (κ2) is 9.46. The third kappa shape index (κ3) is 5.30. The molecular weight excluding hydrogens is 396 g/mol. The SMILES string of the molecule is Cc1ccc2[nH]cc(C[C@H](N)C(=O)O)c2c1.NC(Cc1c[nH]c2ccccc12)C(=O)O. The van der Waals surface area contributed by atoms with Crippen LogP contribution < -0.4 is 11.5 Å². The summed E-state index contributed by atoms with van der Waals surface area (Å²) in [7, 11) is 0. The minimum absolute atomic E-state index is 0.346. The van der Waals surface area contributed by atoms with E-state index in [1.165, 1.54) is 0 Å². The lowest BCUT2D eigenvalue weighted by Gasteiger charge is -2.05. The average Bonchev–Trinajstić information content (AvgIpc) is 3.32. The third-order valence-corrected chi connectivity index (χ3v) is 5.11. The van der Waals surface area contributed by atoms with Gasteiger partial charge in [-0.3, -0.25) is 9.59 Å². The van der Waals surface area contributed by atoms with Crippen molar-refractivity contribution in [2.24, 2.45) is 11.5 Å². The topological polar surface area (TPSA) is 158 Å². The van der Waals surface area contributed by atoms with E-state index in [9.17, 15) is 9.59 Å². The second-order valence-corrected chi connectivity index (χ2v) is 7.52. The molecule has 0 aliphatic carbocycles. The summed E-state index contributed by atoms with van der Waals surface area (Å²) in [5, 5.41) is 19.6. The Bertz CT molecular complexity index is 1210. The van der Waals surface area contributed by atoms with Gasteiger partial charge in [-0.1, -0.05) is 29.8 Å². The van der Waals surface area contributed by atoms with Crippen molar-refractivity contribution in [3.63, 3.8) is 0 Å². The van der Waals surface area contributed by atoms with Gasteiger partial charge in [0, 0.05) is 47.0 Å². The number of nitrogens with one attached hydrogen (secondary N) is 2. The highest BCUT2D eigenvalue weighted by Crippen LogP contribution is 2.21. The fourth-order valence-corrected chi connectivity index (χ4v) is 3.41. The van der Waals surface area contributed by atoms with E-state index in [-0.39, 0.29) is 0 Å². The van der Waals surface area contributed by atoms with E-state index >= 15 is 0 Å². The van der Waals surface area contributed by atoms with Crippen LogP contribution in [-0.2, 0) is 22.4 Å². The van der Waals surface area contributed by atoms with Crippen LogP contribution in [0, 0.1) is 6.92 Å². The van der Waals surface area contributed by atoms with Crippen LogP contribution in [0.2, 0.25) is 0 Å². The van der Waals surface area contributed by atoms with Gasteiger partial charge in [-0.15, -0.1) is 0 Å². The van der Waals surface area contributed by atoms with E-state index in [0.29, 0.717) is 12.8 Å². The lowest BCUT2D eigenvalue weighted by molar-refractivity contribution is -0.139. The molecule has 0 spiro atoms. The standard InChI is InChI=1S/C12H14N2O2.C11H12N2O2/c1-7-2-3-11-9(4-7)8(6-14-11)5-10(13)12(15)16;12-9(11(14)15)5-7-6-13-10-4-2-1-3-8(7)10/h2-4,6,10,14H,5,13H2,1H3,(H,15,16);1-4,6,9,13H,5,12H2,(H,14,15)/t10-;/m0./s1. The van der Waals surface area contributed by atoms with Gasteiger partial charge < -0.3 is 31.6 Å². The Morgan fingerprint density at radius 3 is 1.94 bits per heavy atom. The molecular formula is C23H26N4O4. The van der Waals surface area contributed by atoms with Crippen LogP contribution in [-0.4, -0.2) is 44.2 Å². The number of carboxylic acid groups (broad SMARTS) is 2. The number of H-pyrrole nitrogens is 2. The Labute approximate surface area is 178 Å². The first-order chi connectivity index (χ1) is 14.8. The van der Waals surface area contributed by atoms with Crippen LogP contribution in [0.15, 0.2) is 54.9 Å². The number of carbonyl (C=O) groups is 2. The Hall–Kier alpha value is -3.62. The molecule has 162 valence electrons. The zero-order valence-electron chi connectivity index (χ0n) is 17.1. The molecule has 0 amide bonds. The average molecular weight is 422 g/mol. The predicted molar refractivity (Wildman–Crippen MR) is 120 cm³/mol. The van der Waals surface area contributed by atoms with Crippen molar-refractivity contribution in [1.82, 2.24) is 9.97 Å². The minimum Gasteiger partial charge on any atom is -0.480 e. The van der Waals surface area contributed by atoms with Crippen molar-refractivity contribution in [3.05, 3.63) is 71.5 Å². The van der Waals surface area contributed by atoms with Gasteiger partial charge >= 0.3 is 11.9 Å². The van der Waals surface area contributed by atoms with Crippen molar-refractivity contribution in [2.75, 3.05) is 0 Å². The van der Waals surface area contributed by atoms with Crippen LogP contribution in [0.5, 0.6) is 0 Å². The van der Waals surface area contributed by atoms with Crippen molar-refractivity contribution in [2.45, 2.75) is 31.8 Å². The number of aromatic nitrogens is 2. The van der Waals surface area contributed by atoms with Gasteiger partial charge in [0.1, 0.15) is 12.1 Å². The molecule has 8 nitrogen and oxygen atoms in total. The van der Waals surface area contributed by atoms with Crippen LogP contribution in [0.3, 0.4) is 0 Å². The van der Waals surface area contributed by atoms with Crippen LogP contribution in [0.4, 0.5) is 0 Å². The van der Waals surface area contributed by atoms with Gasteiger partial charge in [0.2, 0.25) is 0 Å². The summed E-state index contributed by atoms with van der Waals surface area (Å²) in [6.45, 7) is 2.01. The van der Waals surface area contributed by atoms with Gasteiger partial charge in [0.15, 0.2) is 0 Å². The molecule has 0 bridgehead atoms. The molecule has 8 heteroatoms. The van der Waals surface area contributed by atoms with Gasteiger partial charge in [0.05, 0.1) is 0 Å². The summed E-state index contributed by atoms with van der Waals surface area (Å²) < 4.78 is 0. The number of nitrogens with two attached hydrogens (primary N) is 2. The number of aliphatic carboxylic acids is 2. The van der Waals surface area contributed by atoms with Crippen molar-refractivity contribution >= 4 is 33.7 Å². The molecule has 31 heavy (non-hydrogen) atoms. The molecule has 0 aliphatic heterocycles. The number of hydrogen-bond donors (Lipinski definition) is 6. The quantitative estimate of drug-likeness (QED) is 0.280. The van der Waals surface area contributed by atoms with Gasteiger partial charge in [-0.2, -0.15) is 0 Å². The normalized spacial score (nSPS) is 12.9. The highest BCUT2D eigenvalue weighted by atomic mass is 16.4. The lowest BCUT2D eigenvalue weighted by Crippen LogP contribution is -2.32. The zero-order chi connectivity index (χ0) is 22.5. The Morgan fingerprint density at radius 1 is 0.839 bits per heavy atom. The zero-order valence-corrected chi connectivity index (χ0v) is 17.1. The summed E-state index contributed by atoms with van der Waals surface area (Å²) in [6, 6.07) is 12.1. The fourth-order valence-electron chi connectivity index (χ4n) is 3.41. The van der Waals surface area contributed by atoms with E-state index < -0.39 is 24.0 Å².